The molecule has 1 N–H and O–H groups in total. The number of aromatic nitrogens is 1. The molecule has 26 heavy (non-hydrogen) atoms. The van der Waals surface area contributed by atoms with Gasteiger partial charge < -0.3 is 9.32 Å². The summed E-state index contributed by atoms with van der Waals surface area (Å²) in [6.07, 6.45) is 2.40. The minimum Gasteiger partial charge on any atom is -0.440 e. The molecule has 2 heterocycles. The van der Waals surface area contributed by atoms with Gasteiger partial charge >= 0.3 is 0 Å². The maximum absolute atomic E-state index is 13.0. The van der Waals surface area contributed by atoms with Crippen LogP contribution in [0.4, 0.5) is 0 Å². The van der Waals surface area contributed by atoms with Crippen LogP contribution in [0.5, 0.6) is 0 Å². The van der Waals surface area contributed by atoms with Crippen molar-refractivity contribution in [3.05, 3.63) is 41.8 Å². The molecule has 1 saturated heterocycles. The smallest absolute Gasteiger partial charge is 0.276 e. The van der Waals surface area contributed by atoms with Crippen LogP contribution in [0.2, 0.25) is 0 Å². The third kappa shape index (κ3) is 3.14. The summed E-state index contributed by atoms with van der Waals surface area (Å²) in [6.45, 7) is 0.585. The van der Waals surface area contributed by atoms with Gasteiger partial charge in [0.1, 0.15) is 5.76 Å². The first-order chi connectivity index (χ1) is 12.5. The lowest BCUT2D eigenvalue weighted by Gasteiger charge is -2.15. The van der Waals surface area contributed by atoms with Crippen molar-refractivity contribution in [1.29, 1.82) is 0 Å². The summed E-state index contributed by atoms with van der Waals surface area (Å²) in [5.74, 6) is 1.06. The van der Waals surface area contributed by atoms with Crippen molar-refractivity contribution >= 4 is 15.9 Å². The van der Waals surface area contributed by atoms with Crippen LogP contribution in [0.3, 0.4) is 0 Å². The maximum atomic E-state index is 13.0. The summed E-state index contributed by atoms with van der Waals surface area (Å²) in [5.41, 5.74) is 1.15. The van der Waals surface area contributed by atoms with Gasteiger partial charge in [-0.25, -0.2) is 18.1 Å². The summed E-state index contributed by atoms with van der Waals surface area (Å²) in [5, 5.41) is -0.582. The number of nitrogens with one attached hydrogen (secondary N) is 1. The first-order valence-corrected chi connectivity index (χ1v) is 10.3. The second-order valence-corrected chi connectivity index (χ2v) is 8.95. The number of amides is 1. The molecule has 1 atom stereocenters. The SMILES string of the molecule is CNS(=O)(=O)[C@H]1CCN(C(=O)c2nc(-c3ccccc3)oc2C2CC2)C1. The lowest BCUT2D eigenvalue weighted by Crippen LogP contribution is -2.36. The highest BCUT2D eigenvalue weighted by Crippen LogP contribution is 2.43. The summed E-state index contributed by atoms with van der Waals surface area (Å²) in [7, 11) is -1.99. The Labute approximate surface area is 152 Å². The van der Waals surface area contributed by atoms with E-state index in [4.69, 9.17) is 4.42 Å². The van der Waals surface area contributed by atoms with Crippen LogP contribution in [-0.4, -0.2) is 49.6 Å². The Bertz CT molecular complexity index is 919. The zero-order valence-electron chi connectivity index (χ0n) is 14.5. The molecule has 7 nitrogen and oxygen atoms in total. The zero-order chi connectivity index (χ0) is 18.3. The molecule has 1 aromatic heterocycles. The first kappa shape index (κ1) is 17.2. The summed E-state index contributed by atoms with van der Waals surface area (Å²) < 4.78 is 32.3. The van der Waals surface area contributed by atoms with Crippen LogP contribution in [0.1, 0.15) is 41.4 Å². The van der Waals surface area contributed by atoms with Gasteiger partial charge in [0.15, 0.2) is 5.69 Å². The average Bonchev–Trinajstić information content (AvgIpc) is 3.21. The number of nitrogens with zero attached hydrogens (tertiary/aromatic N) is 2. The number of carbonyl (C=O) groups excluding carboxylic acids is 1. The third-order valence-corrected chi connectivity index (χ3v) is 6.81. The van der Waals surface area contributed by atoms with Crippen molar-refractivity contribution in [2.75, 3.05) is 20.1 Å². The average molecular weight is 375 g/mol. The van der Waals surface area contributed by atoms with Gasteiger partial charge in [-0.1, -0.05) is 18.2 Å². The van der Waals surface area contributed by atoms with Crippen molar-refractivity contribution in [3.8, 4) is 11.5 Å². The number of sulfonamides is 1. The largest absolute Gasteiger partial charge is 0.440 e. The Morgan fingerprint density at radius 3 is 2.62 bits per heavy atom. The van der Waals surface area contributed by atoms with Crippen LogP contribution >= 0.6 is 0 Å². The fourth-order valence-corrected chi connectivity index (χ4v) is 4.42. The fourth-order valence-electron chi connectivity index (χ4n) is 3.29. The lowest BCUT2D eigenvalue weighted by atomic mass is 10.2. The molecular weight excluding hydrogens is 354 g/mol. The fraction of sp³-hybridized carbons (Fsp3) is 0.444. The standard InChI is InChI=1S/C18H21N3O4S/c1-19-26(23,24)14-9-10-21(11-14)18(22)15-16(12-7-8-12)25-17(20-15)13-5-3-2-4-6-13/h2-6,12,14,19H,7-11H2,1H3/t14-/m0/s1. The highest BCUT2D eigenvalue weighted by atomic mass is 32.2. The van der Waals surface area contributed by atoms with Gasteiger partial charge in [0.05, 0.1) is 5.25 Å². The van der Waals surface area contributed by atoms with E-state index in [0.717, 1.165) is 18.4 Å². The highest BCUT2D eigenvalue weighted by molar-refractivity contribution is 7.90. The minimum atomic E-state index is -3.39. The second-order valence-electron chi connectivity index (χ2n) is 6.78. The molecule has 2 aromatic rings. The van der Waals surface area contributed by atoms with Crippen molar-refractivity contribution in [3.63, 3.8) is 0 Å². The molecule has 2 fully saturated rings. The molecule has 1 aliphatic carbocycles. The van der Waals surface area contributed by atoms with Crippen LogP contribution in [0, 0.1) is 0 Å². The molecule has 1 aromatic carbocycles. The quantitative estimate of drug-likeness (QED) is 0.863. The van der Waals surface area contributed by atoms with Gasteiger partial charge in [-0.05, 0) is 38.4 Å². The predicted molar refractivity (Wildman–Crippen MR) is 96.2 cm³/mol. The van der Waals surface area contributed by atoms with E-state index in [0.29, 0.717) is 30.3 Å². The predicted octanol–water partition coefficient (Wildman–Crippen LogP) is 1.98. The van der Waals surface area contributed by atoms with Gasteiger partial charge in [0.2, 0.25) is 15.9 Å². The van der Waals surface area contributed by atoms with Crippen LogP contribution in [0.25, 0.3) is 11.5 Å². The number of likely N-dealkylation sites (tertiary alicyclic amines) is 1. The molecule has 4 rings (SSSR count). The van der Waals surface area contributed by atoms with Crippen LogP contribution < -0.4 is 4.72 Å². The van der Waals surface area contributed by atoms with Gasteiger partial charge in [0, 0.05) is 24.6 Å². The normalized spacial score (nSPS) is 20.5. The van der Waals surface area contributed by atoms with Gasteiger partial charge in [-0.2, -0.15) is 0 Å². The second kappa shape index (κ2) is 6.51. The van der Waals surface area contributed by atoms with Gasteiger partial charge in [0.25, 0.3) is 5.91 Å². The zero-order valence-corrected chi connectivity index (χ0v) is 15.3. The molecule has 138 valence electrons. The highest BCUT2D eigenvalue weighted by Gasteiger charge is 2.39. The molecule has 0 radical (unpaired) electrons. The van der Waals surface area contributed by atoms with Crippen LogP contribution in [0.15, 0.2) is 34.7 Å². The Morgan fingerprint density at radius 2 is 1.96 bits per heavy atom. The van der Waals surface area contributed by atoms with E-state index in [1.165, 1.54) is 7.05 Å². The van der Waals surface area contributed by atoms with Crippen molar-refractivity contribution < 1.29 is 17.6 Å². The summed E-state index contributed by atoms with van der Waals surface area (Å²) in [4.78, 5) is 19.0. The van der Waals surface area contributed by atoms with E-state index in [1.54, 1.807) is 4.90 Å². The molecule has 8 heteroatoms. The Kier molecular flexibility index (Phi) is 4.32. The molecule has 1 aliphatic heterocycles. The molecule has 0 spiro atoms. The van der Waals surface area contributed by atoms with Gasteiger partial charge in [-0.15, -0.1) is 0 Å². The maximum Gasteiger partial charge on any atom is 0.276 e. The molecule has 1 amide bonds. The number of rotatable bonds is 5. The third-order valence-electron chi connectivity index (χ3n) is 4.98. The summed E-state index contributed by atoms with van der Waals surface area (Å²) in [6, 6.07) is 9.48. The number of hydrogen-bond donors (Lipinski definition) is 1. The van der Waals surface area contributed by atoms with E-state index in [1.807, 2.05) is 30.3 Å². The molecule has 0 bridgehead atoms. The van der Waals surface area contributed by atoms with E-state index < -0.39 is 15.3 Å². The Balaban J connectivity index is 1.61. The Hall–Kier alpha value is -2.19. The minimum absolute atomic E-state index is 0.180. The molecule has 2 aliphatic rings. The monoisotopic (exact) mass is 375 g/mol. The van der Waals surface area contributed by atoms with E-state index in [-0.39, 0.29) is 18.4 Å². The van der Waals surface area contributed by atoms with Crippen molar-refractivity contribution in [2.24, 2.45) is 0 Å². The van der Waals surface area contributed by atoms with Crippen LogP contribution in [-0.2, 0) is 10.0 Å². The topological polar surface area (TPSA) is 92.5 Å². The Morgan fingerprint density at radius 1 is 1.23 bits per heavy atom. The first-order valence-electron chi connectivity index (χ1n) is 8.77. The van der Waals surface area contributed by atoms with Crippen molar-refractivity contribution in [2.45, 2.75) is 30.4 Å². The number of carbonyl (C=O) groups is 1. The number of hydrogen-bond acceptors (Lipinski definition) is 5. The molecule has 1 saturated carbocycles. The van der Waals surface area contributed by atoms with Gasteiger partial charge in [-0.3, -0.25) is 4.79 Å². The molecular formula is C18H21N3O4S. The van der Waals surface area contributed by atoms with E-state index in [9.17, 15) is 13.2 Å². The van der Waals surface area contributed by atoms with Crippen molar-refractivity contribution in [1.82, 2.24) is 14.6 Å². The number of benzene rings is 1. The molecule has 0 unspecified atom stereocenters. The van der Waals surface area contributed by atoms with E-state index >= 15 is 0 Å². The number of oxazole rings is 1. The summed E-state index contributed by atoms with van der Waals surface area (Å²) >= 11 is 0. The van der Waals surface area contributed by atoms with E-state index in [2.05, 4.69) is 9.71 Å². The lowest BCUT2D eigenvalue weighted by molar-refractivity contribution is 0.0785.